The average molecular weight is 152 g/mol. The first-order chi connectivity index (χ1) is 5.12. The van der Waals surface area contributed by atoms with Crippen LogP contribution >= 0.6 is 0 Å². The van der Waals surface area contributed by atoms with Crippen LogP contribution in [0.5, 0.6) is 0 Å². The molecule has 2 aliphatic rings. The van der Waals surface area contributed by atoms with Gasteiger partial charge in [-0.05, 0) is 11.8 Å². The van der Waals surface area contributed by atoms with Crippen LogP contribution in [-0.4, -0.2) is 11.6 Å². The monoisotopic (exact) mass is 152 g/mol. The van der Waals surface area contributed by atoms with Crippen molar-refractivity contribution in [3.8, 4) is 0 Å². The molecule has 2 atom stereocenters. The van der Waals surface area contributed by atoms with Crippen LogP contribution in [0.25, 0.3) is 0 Å². The van der Waals surface area contributed by atoms with Crippen LogP contribution in [0.3, 0.4) is 0 Å². The molecule has 0 radical (unpaired) electrons. The first-order valence-corrected chi connectivity index (χ1v) is 4.16. The number of carbonyl (C=O) groups is 2. The molecule has 0 heterocycles. The van der Waals surface area contributed by atoms with Crippen LogP contribution in [0.2, 0.25) is 0 Å². The first-order valence-electron chi connectivity index (χ1n) is 4.16. The largest absolute Gasteiger partial charge is 0.300 e. The van der Waals surface area contributed by atoms with Crippen molar-refractivity contribution < 1.29 is 9.59 Å². The van der Waals surface area contributed by atoms with Crippen LogP contribution in [0.4, 0.5) is 0 Å². The van der Waals surface area contributed by atoms with Crippen molar-refractivity contribution in [3.05, 3.63) is 0 Å². The third-order valence-corrected chi connectivity index (χ3v) is 3.21. The molecule has 11 heavy (non-hydrogen) atoms. The molecule has 2 saturated carbocycles. The zero-order valence-corrected chi connectivity index (χ0v) is 6.72. The van der Waals surface area contributed by atoms with Crippen molar-refractivity contribution in [2.75, 3.05) is 0 Å². The van der Waals surface area contributed by atoms with E-state index in [2.05, 4.69) is 6.92 Å². The van der Waals surface area contributed by atoms with E-state index in [-0.39, 0.29) is 17.1 Å². The molecule has 0 aliphatic heterocycles. The molecule has 0 aromatic rings. The summed E-state index contributed by atoms with van der Waals surface area (Å²) in [6.45, 7) is 2.08. The van der Waals surface area contributed by atoms with Gasteiger partial charge in [-0.3, -0.25) is 9.59 Å². The fourth-order valence-corrected chi connectivity index (χ4v) is 2.47. The van der Waals surface area contributed by atoms with E-state index in [1.165, 1.54) is 0 Å². The van der Waals surface area contributed by atoms with E-state index in [1.54, 1.807) is 0 Å². The van der Waals surface area contributed by atoms with Gasteiger partial charge in [-0.15, -0.1) is 0 Å². The summed E-state index contributed by atoms with van der Waals surface area (Å²) in [5, 5.41) is 0. The summed E-state index contributed by atoms with van der Waals surface area (Å²) < 4.78 is 0. The predicted molar refractivity (Wildman–Crippen MR) is 40.1 cm³/mol. The number of hydrogen-bond acceptors (Lipinski definition) is 2. The van der Waals surface area contributed by atoms with Crippen molar-refractivity contribution in [1.29, 1.82) is 0 Å². The smallest absolute Gasteiger partial charge is 0.136 e. The molecule has 2 fully saturated rings. The summed E-state index contributed by atoms with van der Waals surface area (Å²) in [7, 11) is 0. The molecule has 0 aromatic carbocycles. The van der Waals surface area contributed by atoms with Gasteiger partial charge in [0.2, 0.25) is 0 Å². The maximum absolute atomic E-state index is 11.3. The molecular formula is C9H12O2. The second kappa shape index (κ2) is 1.93. The quantitative estimate of drug-likeness (QED) is 0.524. The zero-order chi connectivity index (χ0) is 8.06. The predicted octanol–water partition coefficient (Wildman–Crippen LogP) is 1.33. The lowest BCUT2D eigenvalue weighted by molar-refractivity contribution is -0.123. The minimum Gasteiger partial charge on any atom is -0.300 e. The van der Waals surface area contributed by atoms with Crippen molar-refractivity contribution in [1.82, 2.24) is 0 Å². The summed E-state index contributed by atoms with van der Waals surface area (Å²) in [4.78, 5) is 22.3. The van der Waals surface area contributed by atoms with Crippen molar-refractivity contribution in [2.45, 2.75) is 32.6 Å². The number of hydrogen-bond donors (Lipinski definition) is 0. The highest BCUT2D eigenvalue weighted by atomic mass is 16.1. The molecule has 0 amide bonds. The second-order valence-corrected chi connectivity index (χ2v) is 4.09. The third-order valence-electron chi connectivity index (χ3n) is 3.21. The van der Waals surface area contributed by atoms with E-state index in [1.807, 2.05) is 0 Å². The maximum Gasteiger partial charge on any atom is 0.136 e. The van der Waals surface area contributed by atoms with Gasteiger partial charge < -0.3 is 0 Å². The summed E-state index contributed by atoms with van der Waals surface area (Å²) in [5.41, 5.74) is 0.0498. The highest BCUT2D eigenvalue weighted by Crippen LogP contribution is 2.50. The molecule has 2 heteroatoms. The Morgan fingerprint density at radius 3 is 2.82 bits per heavy atom. The van der Waals surface area contributed by atoms with E-state index in [0.29, 0.717) is 25.0 Å². The Morgan fingerprint density at radius 1 is 1.45 bits per heavy atom. The van der Waals surface area contributed by atoms with E-state index >= 15 is 0 Å². The van der Waals surface area contributed by atoms with Crippen LogP contribution in [0, 0.1) is 11.3 Å². The van der Waals surface area contributed by atoms with Crippen LogP contribution < -0.4 is 0 Å². The van der Waals surface area contributed by atoms with Gasteiger partial charge in [0.15, 0.2) is 0 Å². The van der Waals surface area contributed by atoms with Crippen LogP contribution in [0.1, 0.15) is 32.6 Å². The van der Waals surface area contributed by atoms with E-state index in [9.17, 15) is 9.59 Å². The second-order valence-electron chi connectivity index (χ2n) is 4.09. The lowest BCUT2D eigenvalue weighted by atomic mass is 9.83. The Balaban J connectivity index is 2.31. The molecule has 2 nitrogen and oxygen atoms in total. The standard InChI is InChI=1S/C9H12O2/c1-9-3-2-8(11)7(9)4-6(10)5-9/h7H,2-5H2,1H3. The van der Waals surface area contributed by atoms with Crippen molar-refractivity contribution in [2.24, 2.45) is 11.3 Å². The van der Waals surface area contributed by atoms with Gasteiger partial charge in [0.25, 0.3) is 0 Å². The fraction of sp³-hybridized carbons (Fsp3) is 0.778. The van der Waals surface area contributed by atoms with Crippen LogP contribution in [-0.2, 0) is 9.59 Å². The molecule has 2 rings (SSSR count). The molecular weight excluding hydrogens is 140 g/mol. The van der Waals surface area contributed by atoms with E-state index in [4.69, 9.17) is 0 Å². The van der Waals surface area contributed by atoms with Gasteiger partial charge in [0.05, 0.1) is 0 Å². The van der Waals surface area contributed by atoms with Crippen LogP contribution in [0.15, 0.2) is 0 Å². The summed E-state index contributed by atoms with van der Waals surface area (Å²) in [6, 6.07) is 0. The number of ketones is 2. The third kappa shape index (κ3) is 0.849. The Morgan fingerprint density at radius 2 is 2.18 bits per heavy atom. The number of rotatable bonds is 0. The van der Waals surface area contributed by atoms with E-state index in [0.717, 1.165) is 6.42 Å². The Kier molecular flexibility index (Phi) is 1.23. The number of fused-ring (bicyclic) bond motifs is 1. The lowest BCUT2D eigenvalue weighted by Crippen LogP contribution is -2.18. The van der Waals surface area contributed by atoms with Gasteiger partial charge in [0.1, 0.15) is 11.6 Å². The molecule has 60 valence electrons. The summed E-state index contributed by atoms with van der Waals surface area (Å²) in [5.74, 6) is 0.680. The SMILES string of the molecule is CC12CCC(=O)C1CC(=O)C2. The van der Waals surface area contributed by atoms with Gasteiger partial charge >= 0.3 is 0 Å². The molecule has 2 aliphatic carbocycles. The molecule has 0 N–H and O–H groups in total. The Bertz CT molecular complexity index is 232. The van der Waals surface area contributed by atoms with Gasteiger partial charge in [0, 0.05) is 25.2 Å². The molecule has 2 unspecified atom stereocenters. The van der Waals surface area contributed by atoms with E-state index < -0.39 is 0 Å². The fourth-order valence-electron chi connectivity index (χ4n) is 2.47. The minimum absolute atomic E-state index is 0.0498. The van der Waals surface area contributed by atoms with Gasteiger partial charge in [-0.25, -0.2) is 0 Å². The van der Waals surface area contributed by atoms with Gasteiger partial charge in [-0.1, -0.05) is 6.92 Å². The van der Waals surface area contributed by atoms with Crippen molar-refractivity contribution in [3.63, 3.8) is 0 Å². The van der Waals surface area contributed by atoms with Crippen molar-refractivity contribution >= 4 is 11.6 Å². The number of Topliss-reactive ketones (excluding diaryl/α,β-unsaturated/α-hetero) is 2. The maximum atomic E-state index is 11.3. The highest BCUT2D eigenvalue weighted by molar-refractivity contribution is 5.94. The van der Waals surface area contributed by atoms with Gasteiger partial charge in [-0.2, -0.15) is 0 Å². The summed E-state index contributed by atoms with van der Waals surface area (Å²) >= 11 is 0. The Hall–Kier alpha value is -0.660. The summed E-state index contributed by atoms with van der Waals surface area (Å²) in [6.07, 6.45) is 2.80. The molecule has 0 spiro atoms. The number of carbonyl (C=O) groups excluding carboxylic acids is 2. The first kappa shape index (κ1) is 7.01. The normalized spacial score (nSPS) is 43.2. The zero-order valence-electron chi connectivity index (χ0n) is 6.72. The Labute approximate surface area is 66.0 Å². The lowest BCUT2D eigenvalue weighted by Gasteiger charge is -2.19. The highest BCUT2D eigenvalue weighted by Gasteiger charge is 2.50. The average Bonchev–Trinajstić information content (AvgIpc) is 2.32. The molecule has 0 bridgehead atoms. The minimum atomic E-state index is 0.0498. The topological polar surface area (TPSA) is 34.1 Å². The molecule has 0 saturated heterocycles. The molecule has 0 aromatic heterocycles.